The topological polar surface area (TPSA) is 95.8 Å². The number of nitrogens with zero attached hydrogens (tertiary/aromatic N) is 3. The zero-order valence-corrected chi connectivity index (χ0v) is 74.9. The smallest absolute Gasteiger partial charge is 0.216 e. The van der Waals surface area contributed by atoms with Crippen molar-refractivity contribution in [1.82, 2.24) is 13.7 Å². The summed E-state index contributed by atoms with van der Waals surface area (Å²) < 4.78 is 30.3. The van der Waals surface area contributed by atoms with Crippen LogP contribution in [0.15, 0.2) is 182 Å². The minimum atomic E-state index is -0.463. The highest BCUT2D eigenvalue weighted by atomic mass is 32.1. The molecule has 5 unspecified atom stereocenters. The average molecular weight is 1560 g/mol. The molecule has 0 bridgehead atoms. The van der Waals surface area contributed by atoms with Crippen LogP contribution >= 0.6 is 11.7 Å². The first-order chi connectivity index (χ1) is 54.3. The van der Waals surface area contributed by atoms with Crippen LogP contribution in [0.2, 0.25) is 0 Å². The van der Waals surface area contributed by atoms with E-state index in [1.807, 2.05) is 43.5 Å². The van der Waals surface area contributed by atoms with Gasteiger partial charge in [0.2, 0.25) is 5.88 Å². The molecule has 0 saturated heterocycles. The first-order valence-corrected chi connectivity index (χ1v) is 45.4. The van der Waals surface area contributed by atoms with Crippen molar-refractivity contribution in [1.29, 1.82) is 0 Å². The largest absolute Gasteiger partial charge is 0.493 e. The summed E-state index contributed by atoms with van der Waals surface area (Å²) in [6.07, 6.45) is 26.9. The number of fused-ring (bicyclic) bond motifs is 4. The molecule has 4 aliphatic carbocycles. The number of aromatic nitrogens is 3. The molecule has 5 heterocycles. The molecular weight excluding hydrogens is 1400 g/mol. The van der Waals surface area contributed by atoms with E-state index in [0.29, 0.717) is 59.9 Å². The summed E-state index contributed by atoms with van der Waals surface area (Å²) >= 11 is 1.28. The van der Waals surface area contributed by atoms with Gasteiger partial charge in [-0.1, -0.05) is 329 Å². The number of hydrogen-bond donors (Lipinski definition) is 1. The van der Waals surface area contributed by atoms with Crippen molar-refractivity contribution in [3.63, 3.8) is 0 Å². The van der Waals surface area contributed by atoms with Gasteiger partial charge in [-0.25, -0.2) is 4.98 Å². The normalized spacial score (nSPS) is 20.2. The molecule has 620 valence electrons. The summed E-state index contributed by atoms with van der Waals surface area (Å²) in [5, 5.41) is 10.8. The van der Waals surface area contributed by atoms with E-state index in [1.165, 1.54) is 129 Å². The van der Waals surface area contributed by atoms with Gasteiger partial charge in [0, 0.05) is 29.2 Å². The number of pyridine rings is 1. The van der Waals surface area contributed by atoms with E-state index in [2.05, 4.69) is 285 Å². The molecule has 6 aromatic carbocycles. The van der Waals surface area contributed by atoms with Crippen molar-refractivity contribution >= 4 is 11.7 Å². The molecule has 8 aromatic rings. The van der Waals surface area contributed by atoms with Crippen LogP contribution < -0.4 is 18.9 Å². The minimum Gasteiger partial charge on any atom is -0.493 e. The van der Waals surface area contributed by atoms with Gasteiger partial charge in [0.05, 0.1) is 55.6 Å². The lowest BCUT2D eigenvalue weighted by molar-refractivity contribution is 0.00347. The summed E-state index contributed by atoms with van der Waals surface area (Å²) in [5.74, 6) is 17.3. The van der Waals surface area contributed by atoms with Crippen molar-refractivity contribution in [2.45, 2.75) is 289 Å². The molecule has 15 rings (SSSR count). The Morgan fingerprint density at radius 1 is 0.478 bits per heavy atom. The van der Waals surface area contributed by atoms with E-state index in [4.69, 9.17) is 18.9 Å². The first kappa shape index (κ1) is 93.4. The number of ether oxygens (including phenoxy) is 4. The van der Waals surface area contributed by atoms with Gasteiger partial charge in [0.25, 0.3) is 0 Å². The monoisotopic (exact) mass is 1560 g/mol. The number of benzene rings is 6. The molecule has 3 aliphatic heterocycles. The number of aliphatic hydroxyl groups is 1. The summed E-state index contributed by atoms with van der Waals surface area (Å²) in [6, 6.07) is 59.6. The lowest BCUT2D eigenvalue weighted by Crippen LogP contribution is -2.36. The molecule has 1 N–H and O–H groups in total. The molecule has 0 spiro atoms. The van der Waals surface area contributed by atoms with Crippen LogP contribution in [0.3, 0.4) is 0 Å². The van der Waals surface area contributed by atoms with E-state index >= 15 is 0 Å². The van der Waals surface area contributed by atoms with E-state index < -0.39 is 5.60 Å². The van der Waals surface area contributed by atoms with Crippen LogP contribution in [0, 0.1) is 76.9 Å². The highest BCUT2D eigenvalue weighted by Crippen LogP contribution is 2.47. The summed E-state index contributed by atoms with van der Waals surface area (Å²) in [7, 11) is 0. The molecule has 7 aliphatic rings. The highest BCUT2D eigenvalue weighted by molar-refractivity contribution is 6.99. The van der Waals surface area contributed by atoms with Crippen molar-refractivity contribution < 1.29 is 24.1 Å². The molecule has 3 saturated carbocycles. The molecule has 113 heavy (non-hydrogen) atoms. The summed E-state index contributed by atoms with van der Waals surface area (Å²) in [4.78, 5) is 4.17. The number of hydrogen-bond acceptors (Lipinski definition) is 9. The minimum absolute atomic E-state index is 0.288. The fraction of sp³-hybridized carbons (Fsp3) is 0.587. The average Bonchev–Trinajstić information content (AvgIpc) is 1.69. The lowest BCUT2D eigenvalue weighted by atomic mass is 9.74. The van der Waals surface area contributed by atoms with Crippen LogP contribution in [0.25, 0.3) is 0 Å². The maximum absolute atomic E-state index is 10.8. The Morgan fingerprint density at radius 2 is 1.04 bits per heavy atom. The van der Waals surface area contributed by atoms with Gasteiger partial charge in [-0.2, -0.15) is 8.75 Å². The van der Waals surface area contributed by atoms with Gasteiger partial charge >= 0.3 is 0 Å². The zero-order valence-electron chi connectivity index (χ0n) is 74.1. The fourth-order valence-electron chi connectivity index (χ4n) is 18.0. The Labute approximate surface area is 693 Å². The highest BCUT2D eigenvalue weighted by Gasteiger charge is 2.42. The van der Waals surface area contributed by atoms with Crippen molar-refractivity contribution in [2.75, 3.05) is 26.4 Å². The summed E-state index contributed by atoms with van der Waals surface area (Å²) in [5.41, 5.74) is 12.0. The molecule has 2 aromatic heterocycles. The fourth-order valence-corrected chi connectivity index (χ4v) is 18.5. The maximum Gasteiger partial charge on any atom is 0.216 e. The van der Waals surface area contributed by atoms with Gasteiger partial charge in [0.15, 0.2) is 0 Å². The molecule has 0 amide bonds. The first-order valence-electron chi connectivity index (χ1n) is 44.7. The predicted octanol–water partition coefficient (Wildman–Crippen LogP) is 28.5. The third-order valence-electron chi connectivity index (χ3n) is 25.2. The molecule has 9 heteroatoms. The molecule has 8 nitrogen and oxygen atoms in total. The lowest BCUT2D eigenvalue weighted by Gasteiger charge is -2.36. The van der Waals surface area contributed by atoms with E-state index in [9.17, 15) is 5.11 Å². The molecule has 0 radical (unpaired) electrons. The SMILES string of the molecule is CC(C)C1CCCC1c1ccccc1.CC(C)C1CCc2ccccc2C1.CC(C)C1COc2ccccc21.CC(C)C1COc2ccccc2C1.CC(C)Cc1cnsn1.CC(C)[C@@H](c1ccccc1)C1(O)CCCC1.CC(C)[C@@H]1CCOc2ccccc21.CC(C)[C@H](C)C1CCCCC1.CCOc1ncccc1C(C)C. The third kappa shape index (κ3) is 30.3. The van der Waals surface area contributed by atoms with Gasteiger partial charge in [0.1, 0.15) is 17.2 Å². The van der Waals surface area contributed by atoms with E-state index in [-0.39, 0.29) is 5.92 Å². The number of aryl methyl sites for hydroxylation is 1. The second-order valence-electron chi connectivity index (χ2n) is 36.6. The predicted molar refractivity (Wildman–Crippen MR) is 482 cm³/mol. The van der Waals surface area contributed by atoms with Crippen molar-refractivity contribution in [3.8, 4) is 23.1 Å². The second kappa shape index (κ2) is 49.3. The summed E-state index contributed by atoms with van der Waals surface area (Å²) in [6.45, 7) is 48.5. The Balaban J connectivity index is 0.000000177. The molecule has 3 fully saturated rings. The number of para-hydroxylation sites is 3. The Bertz CT molecular complexity index is 3750. The maximum atomic E-state index is 10.8. The van der Waals surface area contributed by atoms with Gasteiger partial charge < -0.3 is 24.1 Å². The van der Waals surface area contributed by atoms with Crippen molar-refractivity contribution in [2.24, 2.45) is 76.9 Å². The van der Waals surface area contributed by atoms with Crippen LogP contribution in [0.4, 0.5) is 0 Å². The Kier molecular flexibility index (Phi) is 40.7. The van der Waals surface area contributed by atoms with Crippen LogP contribution in [-0.2, 0) is 25.7 Å². The van der Waals surface area contributed by atoms with Gasteiger partial charge in [-0.3, -0.25) is 0 Å². The van der Waals surface area contributed by atoms with Crippen LogP contribution in [0.5, 0.6) is 23.1 Å². The van der Waals surface area contributed by atoms with Crippen molar-refractivity contribution in [3.05, 3.63) is 232 Å². The molecular formula is C104H153N3O5S. The van der Waals surface area contributed by atoms with Crippen LogP contribution in [-0.4, -0.2) is 50.9 Å². The Morgan fingerprint density at radius 3 is 1.60 bits per heavy atom. The second-order valence-corrected chi connectivity index (χ2v) is 37.2. The van der Waals surface area contributed by atoms with E-state index in [1.54, 1.807) is 22.9 Å². The zero-order chi connectivity index (χ0) is 81.8. The Hall–Kier alpha value is -6.81. The standard InChI is InChI=1S/C15H22O.C14H20.C13H18.2C12H16O.C11H14O.C11H22.C10H15NO.C6H10N2S/c1-12(2)14(13-8-4-3-5-9-13)15(16)10-6-7-11-15;1-11(2)13-9-6-10-14(13)12-7-4-3-5-8-12;1-10(2)12-8-7-11-5-3-4-6-13(11)9-12;1-9(2)11-7-10-5-3-4-6-12(10)13-8-11;1-9(2)10-7-8-13-12-6-4-3-5-11(10)12;1-8(2)10-7-12-11-6-4-3-5-9(10)11;1-9(2)10(3)11-7-5-4-6-8-11;1-4-12-10-9(8(2)3)6-5-7-11-10;1-5(2)3-6-4-7-9-8-6/h3-5,8-9,12,14,16H,6-7,10-11H2,1-2H3;3-5,7-8,11,13-14H,6,9-10H2,1-2H3;3-6,10,12H,7-9H2,1-2H3;3-6,9,11H,7-8H2,1-2H3;3-6,9-10H,7-8H2,1-2H3;3-6,8,10H,7H2,1-2H3;9-11H,4-8H2,1-3H3;5-8H,4H2,1-3H3;4-5H,3H2,1-2H3/t14-;;;;10-;;10-;;/m0...0.0../s1. The molecule has 8 atom stereocenters. The van der Waals surface area contributed by atoms with Gasteiger partial charge in [-0.05, 0) is 223 Å². The third-order valence-corrected chi connectivity index (χ3v) is 25.7. The van der Waals surface area contributed by atoms with Gasteiger partial charge in [-0.15, -0.1) is 0 Å². The van der Waals surface area contributed by atoms with E-state index in [0.717, 1.165) is 122 Å². The quantitative estimate of drug-likeness (QED) is 0.102. The van der Waals surface area contributed by atoms with Crippen LogP contribution in [0.1, 0.15) is 308 Å². The number of rotatable bonds is 16.